The molecule has 3 aromatic rings. The molecule has 0 saturated heterocycles. The van der Waals surface area contributed by atoms with E-state index < -0.39 is 5.43 Å². The minimum Gasteiger partial charge on any atom is -0.504 e. The lowest BCUT2D eigenvalue weighted by Crippen LogP contribution is -2.20. The summed E-state index contributed by atoms with van der Waals surface area (Å²) in [6.07, 6.45) is 8.67. The number of methoxy groups -OCH3 is 1. The van der Waals surface area contributed by atoms with Gasteiger partial charge in [-0.05, 0) is 43.4 Å². The van der Waals surface area contributed by atoms with Gasteiger partial charge in [-0.1, -0.05) is 6.42 Å². The van der Waals surface area contributed by atoms with Gasteiger partial charge in [0, 0.05) is 18.5 Å². The lowest BCUT2D eigenvalue weighted by atomic mass is 9.98. The van der Waals surface area contributed by atoms with Gasteiger partial charge in [0.1, 0.15) is 23.7 Å². The van der Waals surface area contributed by atoms with E-state index in [-0.39, 0.29) is 46.9 Å². The molecule has 1 aliphatic rings. The van der Waals surface area contributed by atoms with Crippen molar-refractivity contribution in [2.24, 2.45) is 0 Å². The molecule has 29 heavy (non-hydrogen) atoms. The van der Waals surface area contributed by atoms with Gasteiger partial charge in [0.05, 0.1) is 13.2 Å². The molecule has 0 radical (unpaired) electrons. The van der Waals surface area contributed by atoms with Gasteiger partial charge >= 0.3 is 0 Å². The summed E-state index contributed by atoms with van der Waals surface area (Å²) < 4.78 is 22.8. The molecular formula is C22H23NO6. The van der Waals surface area contributed by atoms with Crippen LogP contribution in [-0.4, -0.2) is 23.3 Å². The molecule has 0 atom stereocenters. The van der Waals surface area contributed by atoms with E-state index in [4.69, 9.17) is 18.6 Å². The highest BCUT2D eigenvalue weighted by Crippen LogP contribution is 2.42. The molecule has 4 rings (SSSR count). The molecule has 1 N–H and O–H groups in total. The van der Waals surface area contributed by atoms with Crippen LogP contribution in [0.25, 0.3) is 11.0 Å². The summed E-state index contributed by atoms with van der Waals surface area (Å²) in [6, 6.07) is 6.46. The van der Waals surface area contributed by atoms with E-state index in [0.717, 1.165) is 31.2 Å². The van der Waals surface area contributed by atoms with Crippen LogP contribution in [0, 0.1) is 0 Å². The maximum Gasteiger partial charge on any atom is 0.289 e. The second-order valence-corrected chi connectivity index (χ2v) is 7.08. The molecular weight excluding hydrogens is 374 g/mol. The number of hydrogen-bond donors (Lipinski definition) is 1. The van der Waals surface area contributed by atoms with Crippen LogP contribution in [0.3, 0.4) is 0 Å². The zero-order chi connectivity index (χ0) is 20.2. The van der Waals surface area contributed by atoms with Crippen LogP contribution in [0.2, 0.25) is 0 Å². The van der Waals surface area contributed by atoms with E-state index in [9.17, 15) is 9.90 Å². The summed E-state index contributed by atoms with van der Waals surface area (Å²) in [5, 5.41) is 10.6. The number of fused-ring (bicyclic) bond motifs is 1. The molecule has 0 bridgehead atoms. The topological polar surface area (TPSA) is 91.0 Å². The van der Waals surface area contributed by atoms with E-state index in [1.54, 1.807) is 18.5 Å². The fraction of sp³-hybridized carbons (Fsp3) is 0.364. The van der Waals surface area contributed by atoms with Crippen molar-refractivity contribution < 1.29 is 23.7 Å². The minimum absolute atomic E-state index is 0.0362. The fourth-order valence-electron chi connectivity index (χ4n) is 3.59. The average Bonchev–Trinajstić information content (AvgIpc) is 2.73. The number of hydrogen-bond acceptors (Lipinski definition) is 7. The van der Waals surface area contributed by atoms with Gasteiger partial charge in [-0.25, -0.2) is 0 Å². The van der Waals surface area contributed by atoms with Gasteiger partial charge in [0.25, 0.3) is 5.95 Å². The first-order valence-corrected chi connectivity index (χ1v) is 9.72. The molecule has 0 spiro atoms. The highest BCUT2D eigenvalue weighted by Gasteiger charge is 2.22. The minimum atomic E-state index is -0.395. The summed E-state index contributed by atoms with van der Waals surface area (Å²) in [6.45, 7) is 0.242. The quantitative estimate of drug-likeness (QED) is 0.667. The van der Waals surface area contributed by atoms with Crippen molar-refractivity contribution in [2.45, 2.75) is 44.8 Å². The number of pyridine rings is 1. The number of benzene rings is 1. The Morgan fingerprint density at radius 3 is 2.66 bits per heavy atom. The molecule has 1 aliphatic carbocycles. The maximum atomic E-state index is 12.6. The van der Waals surface area contributed by atoms with Gasteiger partial charge in [-0.15, -0.1) is 0 Å². The smallest absolute Gasteiger partial charge is 0.289 e. The van der Waals surface area contributed by atoms with Crippen molar-refractivity contribution in [1.29, 1.82) is 0 Å². The lowest BCUT2D eigenvalue weighted by molar-refractivity contribution is 0.121. The van der Waals surface area contributed by atoms with Crippen molar-refractivity contribution in [3.05, 3.63) is 52.4 Å². The highest BCUT2D eigenvalue weighted by molar-refractivity contribution is 5.88. The first-order valence-electron chi connectivity index (χ1n) is 9.72. The first-order chi connectivity index (χ1) is 14.2. The zero-order valence-corrected chi connectivity index (χ0v) is 16.2. The molecule has 0 aliphatic heterocycles. The van der Waals surface area contributed by atoms with Gasteiger partial charge in [0.15, 0.2) is 11.5 Å². The Morgan fingerprint density at radius 1 is 1.17 bits per heavy atom. The third-order valence-corrected chi connectivity index (χ3v) is 5.07. The van der Waals surface area contributed by atoms with E-state index in [2.05, 4.69) is 4.98 Å². The van der Waals surface area contributed by atoms with Gasteiger partial charge in [-0.3, -0.25) is 9.78 Å². The first kappa shape index (κ1) is 19.1. The summed E-state index contributed by atoms with van der Waals surface area (Å²) in [7, 11) is 1.41. The molecule has 1 fully saturated rings. The average molecular weight is 397 g/mol. The number of aromatic nitrogens is 1. The predicted molar refractivity (Wildman–Crippen MR) is 107 cm³/mol. The van der Waals surface area contributed by atoms with Crippen LogP contribution in [0.15, 0.2) is 45.9 Å². The second kappa shape index (κ2) is 8.43. The van der Waals surface area contributed by atoms with Crippen molar-refractivity contribution in [1.82, 2.24) is 4.98 Å². The van der Waals surface area contributed by atoms with Crippen LogP contribution < -0.4 is 19.6 Å². The van der Waals surface area contributed by atoms with Crippen molar-refractivity contribution in [3.63, 3.8) is 0 Å². The SMILES string of the molecule is COc1c(OCc2ccncc2)cc2oc(OC3CCCCC3)cc(=O)c2c1O. The summed E-state index contributed by atoms with van der Waals surface area (Å²) >= 11 is 0. The van der Waals surface area contributed by atoms with Crippen LogP contribution in [-0.2, 0) is 6.61 Å². The third kappa shape index (κ3) is 4.13. The molecule has 1 aromatic carbocycles. The molecule has 152 valence electrons. The standard InChI is InChI=1S/C22H23NO6/c1-26-22-18(27-13-14-7-9-23-10-8-14)12-17-20(21(22)25)16(24)11-19(29-17)28-15-5-3-2-4-6-15/h7-12,15,25H,2-6,13H2,1H3. The molecule has 2 heterocycles. The van der Waals surface area contributed by atoms with E-state index >= 15 is 0 Å². The number of aromatic hydroxyl groups is 1. The predicted octanol–water partition coefficient (Wildman–Crippen LogP) is 4.19. The Bertz CT molecular complexity index is 1040. The Kier molecular flexibility index (Phi) is 5.55. The van der Waals surface area contributed by atoms with Gasteiger partial charge < -0.3 is 23.7 Å². The number of phenolic OH excluding ortho intramolecular Hbond substituents is 1. The Hall–Kier alpha value is -3.22. The lowest BCUT2D eigenvalue weighted by Gasteiger charge is -2.22. The summed E-state index contributed by atoms with van der Waals surface area (Å²) in [5.41, 5.74) is 0.692. The number of phenols is 1. The van der Waals surface area contributed by atoms with E-state index in [1.807, 2.05) is 12.1 Å². The third-order valence-electron chi connectivity index (χ3n) is 5.07. The fourth-order valence-corrected chi connectivity index (χ4v) is 3.59. The molecule has 0 amide bonds. The molecule has 0 unspecified atom stereocenters. The van der Waals surface area contributed by atoms with Crippen LogP contribution in [0.4, 0.5) is 0 Å². The van der Waals surface area contributed by atoms with Crippen LogP contribution in [0.1, 0.15) is 37.7 Å². The summed E-state index contributed by atoms with van der Waals surface area (Å²) in [4.78, 5) is 16.6. The Morgan fingerprint density at radius 2 is 1.93 bits per heavy atom. The normalized spacial score (nSPS) is 14.7. The molecule has 7 nitrogen and oxygen atoms in total. The van der Waals surface area contributed by atoms with Gasteiger partial charge in [-0.2, -0.15) is 0 Å². The van der Waals surface area contributed by atoms with Gasteiger partial charge in [0.2, 0.25) is 11.2 Å². The van der Waals surface area contributed by atoms with Crippen molar-refractivity contribution in [2.75, 3.05) is 7.11 Å². The van der Waals surface area contributed by atoms with Crippen LogP contribution >= 0.6 is 0 Å². The van der Waals surface area contributed by atoms with Crippen molar-refractivity contribution in [3.8, 4) is 23.2 Å². The summed E-state index contributed by atoms with van der Waals surface area (Å²) in [5.74, 6) is 0.193. The number of rotatable bonds is 6. The molecule has 1 saturated carbocycles. The maximum absolute atomic E-state index is 12.6. The zero-order valence-electron chi connectivity index (χ0n) is 16.2. The highest BCUT2D eigenvalue weighted by atomic mass is 16.6. The largest absolute Gasteiger partial charge is 0.504 e. The van der Waals surface area contributed by atoms with E-state index in [1.165, 1.54) is 19.6 Å². The number of nitrogens with zero attached hydrogens (tertiary/aromatic N) is 1. The van der Waals surface area contributed by atoms with Crippen LogP contribution in [0.5, 0.6) is 23.2 Å². The molecule has 2 aromatic heterocycles. The van der Waals surface area contributed by atoms with Crippen molar-refractivity contribution >= 4 is 11.0 Å². The molecule has 7 heteroatoms. The van der Waals surface area contributed by atoms with E-state index in [0.29, 0.717) is 0 Å². The monoisotopic (exact) mass is 397 g/mol. The second-order valence-electron chi connectivity index (χ2n) is 7.08. The number of ether oxygens (including phenoxy) is 3. The Balaban J connectivity index is 1.68. The Labute approximate surface area is 167 Å².